The Morgan fingerprint density at radius 3 is 2.31 bits per heavy atom. The lowest BCUT2D eigenvalue weighted by molar-refractivity contribution is -0.384. The Bertz CT molecular complexity index is 1030. The first kappa shape index (κ1) is 24.2. The first-order valence-electron chi connectivity index (χ1n) is 9.14. The predicted octanol–water partition coefficient (Wildman–Crippen LogP) is 3.56. The number of amides is 1. The van der Waals surface area contributed by atoms with Gasteiger partial charge in [0.05, 0.1) is 28.3 Å². The Morgan fingerprint density at radius 2 is 1.72 bits per heavy atom. The van der Waals surface area contributed by atoms with Crippen molar-refractivity contribution in [3.63, 3.8) is 0 Å². The molecule has 1 unspecified atom stereocenters. The van der Waals surface area contributed by atoms with Gasteiger partial charge in [-0.1, -0.05) is 12.1 Å². The fraction of sp³-hybridized carbons (Fsp3) is 0.250. The van der Waals surface area contributed by atoms with Gasteiger partial charge < -0.3 is 19.5 Å². The van der Waals surface area contributed by atoms with Crippen molar-refractivity contribution in [1.82, 2.24) is 0 Å². The molecule has 0 bridgehead atoms. The van der Waals surface area contributed by atoms with Crippen LogP contribution < -0.4 is 10.1 Å². The molecule has 170 valence electrons. The van der Waals surface area contributed by atoms with Gasteiger partial charge in [-0.25, -0.2) is 9.59 Å². The van der Waals surface area contributed by atoms with E-state index < -0.39 is 41.2 Å². The number of ether oxygens (including phenoxy) is 3. The van der Waals surface area contributed by atoms with Crippen LogP contribution >= 0.6 is 0 Å². The molecule has 1 atom stereocenters. The Morgan fingerprint density at radius 1 is 1.09 bits per heavy atom. The fourth-order valence-corrected chi connectivity index (χ4v) is 2.45. The molecule has 2 rings (SSSR count). The second-order valence-electron chi connectivity index (χ2n) is 6.16. The van der Waals surface area contributed by atoms with Crippen molar-refractivity contribution in [3.8, 4) is 5.75 Å². The maximum Gasteiger partial charge on any atom is 0.387 e. The van der Waals surface area contributed by atoms with Crippen molar-refractivity contribution in [2.24, 2.45) is 0 Å². The molecule has 10 nitrogen and oxygen atoms in total. The molecule has 0 aromatic heterocycles. The summed E-state index contributed by atoms with van der Waals surface area (Å²) in [4.78, 5) is 47.0. The number of halogens is 2. The van der Waals surface area contributed by atoms with E-state index in [2.05, 4.69) is 10.1 Å². The van der Waals surface area contributed by atoms with Gasteiger partial charge in [0, 0.05) is 12.1 Å². The predicted molar refractivity (Wildman–Crippen MR) is 106 cm³/mol. The summed E-state index contributed by atoms with van der Waals surface area (Å²) in [5.41, 5.74) is -1.25. The van der Waals surface area contributed by atoms with E-state index in [0.717, 1.165) is 18.2 Å². The number of hydrogen-bond acceptors (Lipinski definition) is 8. The van der Waals surface area contributed by atoms with Crippen molar-refractivity contribution in [1.29, 1.82) is 0 Å². The van der Waals surface area contributed by atoms with Crippen LogP contribution in [0.3, 0.4) is 0 Å². The second kappa shape index (κ2) is 10.8. The van der Waals surface area contributed by atoms with Crippen molar-refractivity contribution >= 4 is 29.2 Å². The van der Waals surface area contributed by atoms with Crippen LogP contribution in [0, 0.1) is 10.1 Å². The molecule has 2 aromatic carbocycles. The lowest BCUT2D eigenvalue weighted by Crippen LogP contribution is -2.30. The van der Waals surface area contributed by atoms with E-state index in [0.29, 0.717) is 0 Å². The van der Waals surface area contributed by atoms with Crippen LogP contribution in [0.15, 0.2) is 42.5 Å². The van der Waals surface area contributed by atoms with Crippen molar-refractivity contribution in [2.75, 3.05) is 11.9 Å². The van der Waals surface area contributed by atoms with E-state index >= 15 is 0 Å². The SMILES string of the molecule is CCOC(=O)c1cc(C(=O)OC(C)C(=O)Nc2ccccc2OC(F)F)cc([N+](=O)[O-])c1. The summed E-state index contributed by atoms with van der Waals surface area (Å²) in [6.07, 6.45) is -1.42. The first-order chi connectivity index (χ1) is 15.1. The number of alkyl halides is 2. The minimum Gasteiger partial charge on any atom is -0.462 e. The van der Waals surface area contributed by atoms with Gasteiger partial charge in [0.25, 0.3) is 11.6 Å². The molecule has 1 N–H and O–H groups in total. The minimum atomic E-state index is -3.12. The average Bonchev–Trinajstić information content (AvgIpc) is 2.74. The number of anilines is 1. The Kier molecular flexibility index (Phi) is 8.16. The Hall–Kier alpha value is -4.09. The summed E-state index contributed by atoms with van der Waals surface area (Å²) in [7, 11) is 0. The molecule has 0 heterocycles. The summed E-state index contributed by atoms with van der Waals surface area (Å²) in [5.74, 6) is -3.18. The molecule has 0 radical (unpaired) electrons. The number of nitrogens with zero attached hydrogens (tertiary/aromatic N) is 1. The Balaban J connectivity index is 2.17. The zero-order valence-electron chi connectivity index (χ0n) is 16.9. The van der Waals surface area contributed by atoms with Gasteiger partial charge in [-0.3, -0.25) is 14.9 Å². The number of rotatable bonds is 9. The summed E-state index contributed by atoms with van der Waals surface area (Å²) < 4.78 is 39.1. The van der Waals surface area contributed by atoms with Gasteiger partial charge in [0.1, 0.15) is 5.75 Å². The number of carbonyl (C=O) groups is 3. The number of nitrogens with one attached hydrogen (secondary N) is 1. The number of esters is 2. The highest BCUT2D eigenvalue weighted by Crippen LogP contribution is 2.26. The third-order valence-electron chi connectivity index (χ3n) is 3.89. The zero-order chi connectivity index (χ0) is 23.8. The molecule has 0 fully saturated rings. The molecular formula is C20H18F2N2O8. The monoisotopic (exact) mass is 452 g/mol. The van der Waals surface area contributed by atoms with Crippen LogP contribution in [-0.4, -0.2) is 42.1 Å². The van der Waals surface area contributed by atoms with E-state index in [1.165, 1.54) is 38.1 Å². The third-order valence-corrected chi connectivity index (χ3v) is 3.89. The molecule has 1 amide bonds. The van der Waals surface area contributed by atoms with Crippen molar-refractivity contribution in [3.05, 3.63) is 63.7 Å². The quantitative estimate of drug-likeness (QED) is 0.347. The van der Waals surface area contributed by atoms with E-state index in [-0.39, 0.29) is 29.2 Å². The maximum atomic E-state index is 12.5. The largest absolute Gasteiger partial charge is 0.462 e. The van der Waals surface area contributed by atoms with Crippen LogP contribution in [0.2, 0.25) is 0 Å². The first-order valence-corrected chi connectivity index (χ1v) is 9.14. The number of benzene rings is 2. The number of nitro benzene ring substituents is 1. The summed E-state index contributed by atoms with van der Waals surface area (Å²) >= 11 is 0. The van der Waals surface area contributed by atoms with Gasteiger partial charge >= 0.3 is 18.6 Å². The van der Waals surface area contributed by atoms with Crippen molar-refractivity contribution < 1.29 is 42.3 Å². The summed E-state index contributed by atoms with van der Waals surface area (Å²) in [5, 5.41) is 13.4. The van der Waals surface area contributed by atoms with Gasteiger partial charge in [0.2, 0.25) is 0 Å². The number of non-ortho nitro benzene ring substituents is 1. The number of nitro groups is 1. The molecule has 0 aliphatic rings. The van der Waals surface area contributed by atoms with Crippen LogP contribution in [-0.2, 0) is 14.3 Å². The maximum absolute atomic E-state index is 12.5. The molecular weight excluding hydrogens is 434 g/mol. The van der Waals surface area contributed by atoms with Gasteiger partial charge in [0.15, 0.2) is 6.10 Å². The molecule has 32 heavy (non-hydrogen) atoms. The molecule has 0 aliphatic carbocycles. The lowest BCUT2D eigenvalue weighted by atomic mass is 10.1. The van der Waals surface area contributed by atoms with Gasteiger partial charge in [-0.15, -0.1) is 0 Å². The minimum absolute atomic E-state index is 0.00918. The molecule has 0 saturated carbocycles. The highest BCUT2D eigenvalue weighted by atomic mass is 19.3. The van der Waals surface area contributed by atoms with Crippen LogP contribution in [0.25, 0.3) is 0 Å². The van der Waals surface area contributed by atoms with Crippen molar-refractivity contribution in [2.45, 2.75) is 26.6 Å². The summed E-state index contributed by atoms with van der Waals surface area (Å²) in [6, 6.07) is 8.23. The second-order valence-corrected chi connectivity index (χ2v) is 6.16. The van der Waals surface area contributed by atoms with Crippen LogP contribution in [0.1, 0.15) is 34.6 Å². The molecule has 12 heteroatoms. The van der Waals surface area contributed by atoms with Gasteiger partial charge in [-0.05, 0) is 32.0 Å². The average molecular weight is 452 g/mol. The standard InChI is InChI=1S/C20H18F2N2O8/c1-3-30-18(26)12-8-13(10-14(9-12)24(28)29)19(27)31-11(2)17(25)23-15-6-4-5-7-16(15)32-20(21)22/h4-11,20H,3H2,1-2H3,(H,23,25). The normalized spacial score (nSPS) is 11.4. The molecule has 0 spiro atoms. The topological polar surface area (TPSA) is 134 Å². The third kappa shape index (κ3) is 6.45. The molecule has 2 aromatic rings. The van der Waals surface area contributed by atoms with E-state index in [1.54, 1.807) is 0 Å². The van der Waals surface area contributed by atoms with Crippen LogP contribution in [0.5, 0.6) is 5.75 Å². The lowest BCUT2D eigenvalue weighted by Gasteiger charge is -2.16. The van der Waals surface area contributed by atoms with Gasteiger partial charge in [-0.2, -0.15) is 8.78 Å². The Labute approximate surface area is 180 Å². The van der Waals surface area contributed by atoms with E-state index in [9.17, 15) is 33.3 Å². The number of hydrogen-bond donors (Lipinski definition) is 1. The van der Waals surface area contributed by atoms with E-state index in [4.69, 9.17) is 9.47 Å². The number of para-hydroxylation sites is 2. The van der Waals surface area contributed by atoms with Crippen LogP contribution in [0.4, 0.5) is 20.2 Å². The molecule has 0 aliphatic heterocycles. The summed E-state index contributed by atoms with van der Waals surface area (Å²) in [6.45, 7) is -0.372. The number of carbonyl (C=O) groups excluding carboxylic acids is 3. The highest BCUT2D eigenvalue weighted by molar-refractivity contribution is 6.00. The smallest absolute Gasteiger partial charge is 0.387 e. The molecule has 0 saturated heterocycles. The van der Waals surface area contributed by atoms with E-state index in [1.807, 2.05) is 0 Å². The fourth-order valence-electron chi connectivity index (χ4n) is 2.45. The zero-order valence-corrected chi connectivity index (χ0v) is 16.9. The highest BCUT2D eigenvalue weighted by Gasteiger charge is 2.24.